The average molecular weight is 442 g/mol. The Hall–Kier alpha value is -2.82. The number of carbonyl (C=O) groups is 3. The van der Waals surface area contributed by atoms with E-state index in [-0.39, 0.29) is 19.0 Å². The molecule has 1 aromatic rings. The minimum absolute atomic E-state index is 0.135. The number of alkyl halides is 3. The Kier molecular flexibility index (Phi) is 7.37. The number of amides is 4. The number of carbonyl (C=O) groups excluding carboxylic acids is 3. The fraction of sp³-hybridized carbons (Fsp3) is 0.550. The Bertz CT molecular complexity index is 812. The summed E-state index contributed by atoms with van der Waals surface area (Å²) in [6.45, 7) is -0.443. The van der Waals surface area contributed by atoms with Gasteiger partial charge in [0, 0.05) is 25.4 Å². The lowest BCUT2D eigenvalue weighted by Crippen LogP contribution is -2.50. The Morgan fingerprint density at radius 1 is 1.10 bits per heavy atom. The maximum Gasteiger partial charge on any atom is 0.405 e. The van der Waals surface area contributed by atoms with Gasteiger partial charge in [-0.3, -0.25) is 9.59 Å². The van der Waals surface area contributed by atoms with Crippen LogP contribution >= 0.6 is 0 Å². The SMILES string of the molecule is O=C(Nc1cccc(CNC(=O)N2CCCC2C(=O)NCC(F)(F)F)c1)C1CCCO1. The van der Waals surface area contributed by atoms with Crippen LogP contribution in [-0.2, 0) is 20.9 Å². The monoisotopic (exact) mass is 442 g/mol. The lowest BCUT2D eigenvalue weighted by molar-refractivity contribution is -0.140. The van der Waals surface area contributed by atoms with Crippen molar-refractivity contribution in [1.82, 2.24) is 15.5 Å². The van der Waals surface area contributed by atoms with Gasteiger partial charge in [-0.1, -0.05) is 12.1 Å². The molecule has 31 heavy (non-hydrogen) atoms. The topological polar surface area (TPSA) is 99.8 Å². The Morgan fingerprint density at radius 2 is 1.90 bits per heavy atom. The summed E-state index contributed by atoms with van der Waals surface area (Å²) >= 11 is 0. The highest BCUT2D eigenvalue weighted by molar-refractivity contribution is 5.94. The van der Waals surface area contributed by atoms with Crippen molar-refractivity contribution in [2.75, 3.05) is 25.0 Å². The second kappa shape index (κ2) is 9.99. The van der Waals surface area contributed by atoms with E-state index in [1.807, 2.05) is 5.32 Å². The number of benzene rings is 1. The fourth-order valence-electron chi connectivity index (χ4n) is 3.63. The second-order valence-corrected chi connectivity index (χ2v) is 7.53. The van der Waals surface area contributed by atoms with Crippen molar-refractivity contribution in [3.63, 3.8) is 0 Å². The fourth-order valence-corrected chi connectivity index (χ4v) is 3.63. The number of ether oxygens (including phenoxy) is 1. The number of nitrogens with one attached hydrogen (secondary N) is 3. The lowest BCUT2D eigenvalue weighted by atomic mass is 10.2. The van der Waals surface area contributed by atoms with Gasteiger partial charge in [-0.15, -0.1) is 0 Å². The van der Waals surface area contributed by atoms with Crippen LogP contribution in [-0.4, -0.2) is 60.8 Å². The predicted octanol–water partition coefficient (Wildman–Crippen LogP) is 2.16. The Balaban J connectivity index is 1.51. The van der Waals surface area contributed by atoms with Crippen LogP contribution in [0.2, 0.25) is 0 Å². The lowest BCUT2D eigenvalue weighted by Gasteiger charge is -2.24. The number of anilines is 1. The number of hydrogen-bond donors (Lipinski definition) is 3. The number of halogens is 3. The van der Waals surface area contributed by atoms with Crippen LogP contribution in [0.15, 0.2) is 24.3 Å². The van der Waals surface area contributed by atoms with E-state index in [2.05, 4.69) is 10.6 Å². The van der Waals surface area contributed by atoms with Crippen LogP contribution < -0.4 is 16.0 Å². The van der Waals surface area contributed by atoms with Gasteiger partial charge in [-0.25, -0.2) is 4.79 Å². The molecule has 2 heterocycles. The van der Waals surface area contributed by atoms with Crippen molar-refractivity contribution in [3.05, 3.63) is 29.8 Å². The van der Waals surface area contributed by atoms with Gasteiger partial charge in [0.05, 0.1) is 0 Å². The first-order valence-electron chi connectivity index (χ1n) is 10.1. The van der Waals surface area contributed by atoms with Gasteiger partial charge in [0.1, 0.15) is 18.7 Å². The largest absolute Gasteiger partial charge is 0.405 e. The zero-order valence-electron chi connectivity index (χ0n) is 16.8. The summed E-state index contributed by atoms with van der Waals surface area (Å²) in [4.78, 5) is 38.0. The number of likely N-dealkylation sites (tertiary alicyclic amines) is 1. The van der Waals surface area contributed by atoms with Gasteiger partial charge < -0.3 is 25.6 Å². The van der Waals surface area contributed by atoms with Crippen LogP contribution in [0.3, 0.4) is 0 Å². The molecule has 3 N–H and O–H groups in total. The van der Waals surface area contributed by atoms with Crippen molar-refractivity contribution in [1.29, 1.82) is 0 Å². The predicted molar refractivity (Wildman–Crippen MR) is 105 cm³/mol. The third-order valence-electron chi connectivity index (χ3n) is 5.14. The molecule has 2 saturated heterocycles. The molecule has 11 heteroatoms. The van der Waals surface area contributed by atoms with E-state index in [1.54, 1.807) is 24.3 Å². The van der Waals surface area contributed by atoms with Crippen LogP contribution in [0.4, 0.5) is 23.7 Å². The van der Waals surface area contributed by atoms with E-state index in [1.165, 1.54) is 4.90 Å². The molecule has 0 saturated carbocycles. The normalized spacial score (nSPS) is 21.1. The molecule has 170 valence electrons. The summed E-state index contributed by atoms with van der Waals surface area (Å²) in [5.41, 5.74) is 1.29. The first-order chi connectivity index (χ1) is 14.7. The highest BCUT2D eigenvalue weighted by atomic mass is 19.4. The molecule has 1 aromatic carbocycles. The van der Waals surface area contributed by atoms with Crippen LogP contribution in [0.25, 0.3) is 0 Å². The molecule has 0 aromatic heterocycles. The first-order valence-corrected chi connectivity index (χ1v) is 10.1. The molecule has 8 nitrogen and oxygen atoms in total. The molecule has 2 atom stereocenters. The molecule has 0 aliphatic carbocycles. The smallest absolute Gasteiger partial charge is 0.368 e. The van der Waals surface area contributed by atoms with Crippen molar-refractivity contribution < 1.29 is 32.3 Å². The van der Waals surface area contributed by atoms with E-state index in [9.17, 15) is 27.6 Å². The molecule has 2 unspecified atom stereocenters. The second-order valence-electron chi connectivity index (χ2n) is 7.53. The molecule has 4 amide bonds. The molecule has 2 aliphatic rings. The van der Waals surface area contributed by atoms with Gasteiger partial charge >= 0.3 is 12.2 Å². The molecule has 3 rings (SSSR count). The van der Waals surface area contributed by atoms with Crippen molar-refractivity contribution >= 4 is 23.5 Å². The number of rotatable bonds is 6. The van der Waals surface area contributed by atoms with Gasteiger partial charge in [-0.05, 0) is 43.4 Å². The molecule has 0 spiro atoms. The van der Waals surface area contributed by atoms with E-state index in [0.29, 0.717) is 31.6 Å². The summed E-state index contributed by atoms with van der Waals surface area (Å²) in [5.74, 6) is -1.03. The van der Waals surface area contributed by atoms with Crippen molar-refractivity contribution in [2.45, 2.75) is 50.6 Å². The quantitative estimate of drug-likeness (QED) is 0.629. The van der Waals surface area contributed by atoms with Crippen LogP contribution in [0.1, 0.15) is 31.2 Å². The minimum Gasteiger partial charge on any atom is -0.368 e. The van der Waals surface area contributed by atoms with E-state index in [0.717, 1.165) is 12.0 Å². The van der Waals surface area contributed by atoms with E-state index >= 15 is 0 Å². The molecule has 0 radical (unpaired) electrons. The number of nitrogens with zero attached hydrogens (tertiary/aromatic N) is 1. The van der Waals surface area contributed by atoms with Crippen LogP contribution in [0.5, 0.6) is 0 Å². The van der Waals surface area contributed by atoms with Gasteiger partial charge in [0.2, 0.25) is 5.91 Å². The number of urea groups is 1. The van der Waals surface area contributed by atoms with E-state index < -0.39 is 36.8 Å². The maximum absolute atomic E-state index is 12.5. The summed E-state index contributed by atoms with van der Waals surface area (Å²) < 4.78 is 42.3. The standard InChI is InChI=1S/C20H25F3N4O4/c21-20(22,23)12-25-17(28)15-6-2-8-27(15)19(30)24-11-13-4-1-5-14(10-13)26-18(29)16-7-3-9-31-16/h1,4-5,10,15-16H,2-3,6-9,11-12H2,(H,24,30)(H,25,28)(H,26,29). The number of hydrogen-bond acceptors (Lipinski definition) is 4. The van der Waals surface area contributed by atoms with Crippen molar-refractivity contribution in [2.24, 2.45) is 0 Å². The molecule has 2 fully saturated rings. The molecular formula is C20H25F3N4O4. The summed E-state index contributed by atoms with van der Waals surface area (Å²) in [7, 11) is 0. The third kappa shape index (κ3) is 6.58. The van der Waals surface area contributed by atoms with Gasteiger partial charge in [0.25, 0.3) is 5.91 Å². The van der Waals surface area contributed by atoms with E-state index in [4.69, 9.17) is 4.74 Å². The maximum atomic E-state index is 12.5. The average Bonchev–Trinajstić information content (AvgIpc) is 3.42. The van der Waals surface area contributed by atoms with Gasteiger partial charge in [-0.2, -0.15) is 13.2 Å². The Morgan fingerprint density at radius 3 is 2.61 bits per heavy atom. The minimum atomic E-state index is -4.51. The zero-order valence-corrected chi connectivity index (χ0v) is 16.8. The molecular weight excluding hydrogens is 417 g/mol. The van der Waals surface area contributed by atoms with Gasteiger partial charge in [0.15, 0.2) is 0 Å². The summed E-state index contributed by atoms with van der Waals surface area (Å²) in [6, 6.07) is 5.47. The Labute approximate surface area is 177 Å². The zero-order chi connectivity index (χ0) is 22.4. The molecule has 0 bridgehead atoms. The van der Waals surface area contributed by atoms with Crippen LogP contribution in [0, 0.1) is 0 Å². The summed E-state index contributed by atoms with van der Waals surface area (Å²) in [6.07, 6.45) is -2.61. The molecule has 2 aliphatic heterocycles. The summed E-state index contributed by atoms with van der Waals surface area (Å²) in [5, 5.41) is 7.30. The highest BCUT2D eigenvalue weighted by Gasteiger charge is 2.36. The first kappa shape index (κ1) is 22.9. The highest BCUT2D eigenvalue weighted by Crippen LogP contribution is 2.20. The third-order valence-corrected chi connectivity index (χ3v) is 5.14. The van der Waals surface area contributed by atoms with Crippen molar-refractivity contribution in [3.8, 4) is 0 Å².